The minimum Gasteiger partial charge on any atom is -0.511 e. The van der Waals surface area contributed by atoms with Crippen LogP contribution in [0, 0.1) is 35.5 Å². The number of aliphatic hydroxyl groups excluding tert-OH is 1. The van der Waals surface area contributed by atoms with Crippen molar-refractivity contribution < 1.29 is 29.0 Å². The van der Waals surface area contributed by atoms with Gasteiger partial charge < -0.3 is 14.6 Å². The van der Waals surface area contributed by atoms with E-state index < -0.39 is 11.9 Å². The summed E-state index contributed by atoms with van der Waals surface area (Å²) < 4.78 is 11.7. The maximum Gasteiger partial charge on any atom is 0.342 e. The summed E-state index contributed by atoms with van der Waals surface area (Å²) in [5.74, 6) is 0.573. The molecule has 6 nitrogen and oxygen atoms in total. The van der Waals surface area contributed by atoms with Crippen molar-refractivity contribution in [3.05, 3.63) is 47.3 Å². The number of ether oxygens (including phenoxy) is 2. The molecule has 0 aromatic heterocycles. The van der Waals surface area contributed by atoms with Crippen LogP contribution in [-0.2, 0) is 23.9 Å². The molecule has 198 valence electrons. The monoisotopic (exact) mass is 506 g/mol. The third kappa shape index (κ3) is 4.51. The first-order valence-electron chi connectivity index (χ1n) is 14.5. The van der Waals surface area contributed by atoms with Crippen molar-refractivity contribution in [3.63, 3.8) is 0 Å². The van der Waals surface area contributed by atoms with Crippen molar-refractivity contribution in [2.24, 2.45) is 35.5 Å². The van der Waals surface area contributed by atoms with Gasteiger partial charge in [0.15, 0.2) is 5.78 Å². The molecule has 6 heteroatoms. The zero-order valence-electron chi connectivity index (χ0n) is 21.5. The summed E-state index contributed by atoms with van der Waals surface area (Å²) in [6.07, 6.45) is 20.6. The van der Waals surface area contributed by atoms with E-state index in [1.54, 1.807) is 24.3 Å². The Bertz CT molecular complexity index is 1080. The Hall–Kier alpha value is -2.63. The number of esters is 2. The van der Waals surface area contributed by atoms with Crippen molar-refractivity contribution in [1.29, 1.82) is 0 Å². The van der Waals surface area contributed by atoms with Crippen LogP contribution in [0.25, 0.3) is 0 Å². The Balaban J connectivity index is 1.12. The fourth-order valence-electron chi connectivity index (χ4n) is 8.33. The number of fused-ring (bicyclic) bond motifs is 6. The molecule has 4 aliphatic carbocycles. The number of hydrogen-bond donors (Lipinski definition) is 1. The maximum absolute atomic E-state index is 13.2. The number of ketones is 1. The van der Waals surface area contributed by atoms with Crippen LogP contribution < -0.4 is 0 Å². The normalized spacial score (nSPS) is 41.2. The van der Waals surface area contributed by atoms with Crippen molar-refractivity contribution in [1.82, 2.24) is 0 Å². The van der Waals surface area contributed by atoms with Crippen molar-refractivity contribution in [3.8, 4) is 0 Å². The number of hydrogen-bond acceptors (Lipinski definition) is 6. The second-order valence-electron chi connectivity index (χ2n) is 12.0. The van der Waals surface area contributed by atoms with Gasteiger partial charge in [0.2, 0.25) is 0 Å². The number of Topliss-reactive ketones (excluding diaryl/α,β-unsaturated/α-hetero) is 1. The Labute approximate surface area is 218 Å². The second-order valence-corrected chi connectivity index (χ2v) is 12.0. The molecule has 37 heavy (non-hydrogen) atoms. The van der Waals surface area contributed by atoms with Gasteiger partial charge in [-0.15, -0.1) is 0 Å². The predicted molar refractivity (Wildman–Crippen MR) is 137 cm³/mol. The number of carbonyl (C=O) groups excluding carboxylic acids is 3. The zero-order valence-corrected chi connectivity index (χ0v) is 21.5. The molecule has 4 saturated carbocycles. The highest BCUT2D eigenvalue weighted by Crippen LogP contribution is 2.49. The highest BCUT2D eigenvalue weighted by atomic mass is 16.6. The number of rotatable bonds is 3. The Kier molecular flexibility index (Phi) is 6.85. The summed E-state index contributed by atoms with van der Waals surface area (Å²) in [5.41, 5.74) is 0.305. The van der Waals surface area contributed by atoms with Gasteiger partial charge in [0.25, 0.3) is 0 Å². The molecule has 0 aromatic rings. The molecule has 6 aliphatic rings. The van der Waals surface area contributed by atoms with E-state index in [4.69, 9.17) is 9.47 Å². The molecule has 0 spiro atoms. The molecule has 0 aromatic carbocycles. The topological polar surface area (TPSA) is 89.9 Å². The van der Waals surface area contributed by atoms with Crippen molar-refractivity contribution in [2.75, 3.05) is 0 Å². The van der Waals surface area contributed by atoms with E-state index in [1.165, 1.54) is 31.8 Å². The zero-order chi connectivity index (χ0) is 25.5. The lowest BCUT2D eigenvalue weighted by atomic mass is 9.63. The van der Waals surface area contributed by atoms with Gasteiger partial charge in [0, 0.05) is 0 Å². The molecule has 1 N–H and O–H groups in total. The standard InChI is InChI=1S/C31H38O6/c32-26-22-16-14-18-8-4-6-10-20(18)28(22)36-30(34)24(26)12-2-1-3-13-25-27(33)23-17-15-19-9-5-7-11-21(19)29(23)37-31(25)35/h1-3,12-13,18-23,28-29,32H,4-11,14-17H2/b3-1?,12-2?,25-13-. The van der Waals surface area contributed by atoms with Gasteiger partial charge in [0.05, 0.1) is 17.4 Å². The van der Waals surface area contributed by atoms with E-state index in [2.05, 4.69) is 0 Å². The fraction of sp³-hybridized carbons (Fsp3) is 0.645. The van der Waals surface area contributed by atoms with E-state index in [-0.39, 0.29) is 46.7 Å². The molecule has 0 amide bonds. The molecule has 8 atom stereocenters. The molecule has 8 unspecified atom stereocenters. The average molecular weight is 507 g/mol. The third-order valence-electron chi connectivity index (χ3n) is 10.2. The molecule has 0 radical (unpaired) electrons. The summed E-state index contributed by atoms with van der Waals surface area (Å²) in [6, 6.07) is 0. The molecular formula is C31H38O6. The van der Waals surface area contributed by atoms with E-state index in [0.29, 0.717) is 23.7 Å². The molecule has 5 fully saturated rings. The Morgan fingerprint density at radius 3 is 1.95 bits per heavy atom. The van der Waals surface area contributed by atoms with Gasteiger partial charge >= 0.3 is 11.9 Å². The van der Waals surface area contributed by atoms with Crippen LogP contribution in [-0.4, -0.2) is 35.0 Å². The van der Waals surface area contributed by atoms with Crippen LogP contribution >= 0.6 is 0 Å². The van der Waals surface area contributed by atoms with Gasteiger partial charge in [-0.25, -0.2) is 9.59 Å². The van der Waals surface area contributed by atoms with Gasteiger partial charge in [-0.1, -0.05) is 56.8 Å². The van der Waals surface area contributed by atoms with E-state index in [9.17, 15) is 19.5 Å². The Morgan fingerprint density at radius 1 is 0.649 bits per heavy atom. The van der Waals surface area contributed by atoms with Crippen LogP contribution in [0.3, 0.4) is 0 Å². The predicted octanol–water partition coefficient (Wildman–Crippen LogP) is 5.69. The van der Waals surface area contributed by atoms with E-state index >= 15 is 0 Å². The van der Waals surface area contributed by atoms with Gasteiger partial charge in [-0.2, -0.15) is 0 Å². The van der Waals surface area contributed by atoms with Crippen molar-refractivity contribution in [2.45, 2.75) is 89.3 Å². The molecule has 1 saturated heterocycles. The van der Waals surface area contributed by atoms with Crippen LogP contribution in [0.4, 0.5) is 0 Å². The third-order valence-corrected chi connectivity index (χ3v) is 10.2. The first kappa shape index (κ1) is 24.7. The van der Waals surface area contributed by atoms with Crippen LogP contribution in [0.15, 0.2) is 47.3 Å². The summed E-state index contributed by atoms with van der Waals surface area (Å²) in [6.45, 7) is 0. The highest BCUT2D eigenvalue weighted by molar-refractivity contribution is 6.20. The molecule has 2 aliphatic heterocycles. The van der Waals surface area contributed by atoms with Gasteiger partial charge in [0.1, 0.15) is 23.5 Å². The highest BCUT2D eigenvalue weighted by Gasteiger charge is 2.50. The first-order valence-corrected chi connectivity index (χ1v) is 14.5. The summed E-state index contributed by atoms with van der Waals surface area (Å²) in [7, 11) is 0. The maximum atomic E-state index is 13.2. The molecular weight excluding hydrogens is 468 g/mol. The lowest BCUT2D eigenvalue weighted by Crippen LogP contribution is -2.50. The van der Waals surface area contributed by atoms with E-state index in [0.717, 1.165) is 51.4 Å². The molecule has 6 rings (SSSR count). The SMILES string of the molecule is O=C1OC2C(CCC3CCCCC32)C(O)=C1C=CC=C/C=C1\C(=O)OC2C(CCC3CCCCC32)C1=O. The Morgan fingerprint density at radius 2 is 1.24 bits per heavy atom. The number of aliphatic hydroxyl groups is 1. The van der Waals surface area contributed by atoms with Gasteiger partial charge in [-0.05, 0) is 74.3 Å². The summed E-state index contributed by atoms with van der Waals surface area (Å²) in [5, 5.41) is 10.9. The average Bonchev–Trinajstić information content (AvgIpc) is 2.91. The van der Waals surface area contributed by atoms with Crippen LogP contribution in [0.1, 0.15) is 77.0 Å². The van der Waals surface area contributed by atoms with Gasteiger partial charge in [-0.3, -0.25) is 4.79 Å². The molecule has 0 bridgehead atoms. The number of carbonyl (C=O) groups is 3. The lowest BCUT2D eigenvalue weighted by molar-refractivity contribution is -0.167. The van der Waals surface area contributed by atoms with E-state index in [1.807, 2.05) is 0 Å². The summed E-state index contributed by atoms with van der Waals surface area (Å²) in [4.78, 5) is 38.6. The first-order chi connectivity index (χ1) is 18.0. The minimum absolute atomic E-state index is 0.0977. The quantitative estimate of drug-likeness (QED) is 0.229. The second kappa shape index (κ2) is 10.3. The fourth-order valence-corrected chi connectivity index (χ4v) is 8.33. The van der Waals surface area contributed by atoms with Crippen LogP contribution in [0.2, 0.25) is 0 Å². The lowest BCUT2D eigenvalue weighted by Gasteiger charge is -2.46. The summed E-state index contributed by atoms with van der Waals surface area (Å²) >= 11 is 0. The van der Waals surface area contributed by atoms with Crippen molar-refractivity contribution >= 4 is 17.7 Å². The van der Waals surface area contributed by atoms with Crippen LogP contribution in [0.5, 0.6) is 0 Å². The number of allylic oxidation sites excluding steroid dienone is 4. The minimum atomic E-state index is -0.522. The molecule has 2 heterocycles. The largest absolute Gasteiger partial charge is 0.511 e. The smallest absolute Gasteiger partial charge is 0.342 e.